The van der Waals surface area contributed by atoms with Gasteiger partial charge in [-0.25, -0.2) is 4.84 Å². The van der Waals surface area contributed by atoms with E-state index in [1.807, 2.05) is 138 Å². The fraction of sp³-hybridized carbons (Fsp3) is 1.00. The van der Waals surface area contributed by atoms with Gasteiger partial charge in [-0.3, -0.25) is 14.2 Å². The molecule has 0 aliphatic rings. The Bertz CT molecular complexity index is 2030. The second-order valence-electron chi connectivity index (χ2n) is 26.9. The van der Waals surface area contributed by atoms with Gasteiger partial charge >= 0.3 is 65.6 Å². The number of hydrogen-bond acceptors (Lipinski definition) is 31. The second-order valence-corrected chi connectivity index (χ2v) is 26.9. The smallest absolute Gasteiger partial charge is 0.346 e. The third-order valence-corrected chi connectivity index (χ3v) is 15.7. The predicted molar refractivity (Wildman–Crippen MR) is 435 cm³/mol. The van der Waals surface area contributed by atoms with Crippen LogP contribution in [0.3, 0.4) is 0 Å². The van der Waals surface area contributed by atoms with Crippen LogP contribution in [0.1, 0.15) is 308 Å². The van der Waals surface area contributed by atoms with Crippen molar-refractivity contribution < 1.29 is 142 Å². The van der Waals surface area contributed by atoms with E-state index in [2.05, 4.69) is 0 Å². The molecule has 0 aliphatic heterocycles. The molecule has 0 heterocycles. The Hall–Kier alpha value is -1.24. The van der Waals surface area contributed by atoms with Crippen LogP contribution in [-0.4, -0.2) is 249 Å². The Morgan fingerprint density at radius 2 is 0.357 bits per heavy atom. The van der Waals surface area contributed by atoms with E-state index in [1.54, 1.807) is 41.5 Å². The Morgan fingerprint density at radius 1 is 0.165 bits per heavy atom. The summed E-state index contributed by atoms with van der Waals surface area (Å²) in [7, 11) is 0. The minimum Gasteiger partial charge on any atom is -0.346 e. The number of hydrogen-bond donors (Lipinski definition) is 0. The summed E-state index contributed by atoms with van der Waals surface area (Å²) in [5, 5.41) is 0.853. The number of ether oxygens (including phenoxy) is 29. The van der Waals surface area contributed by atoms with Crippen LogP contribution in [0.25, 0.3) is 0 Å². The zero-order valence-electron chi connectivity index (χ0n) is 77.3. The second kappa shape index (κ2) is 65.4. The molecule has 0 aromatic carbocycles. The average molecular weight is 1680 g/mol. The summed E-state index contributed by atoms with van der Waals surface area (Å²) in [6, 6.07) is 0. The lowest BCUT2D eigenvalue weighted by atomic mass is 10.2. The van der Waals surface area contributed by atoms with Crippen LogP contribution in [0.4, 0.5) is 0 Å². The summed E-state index contributed by atoms with van der Waals surface area (Å²) in [6.45, 7) is 43.3. The lowest BCUT2D eigenvalue weighted by Gasteiger charge is -2.63. The van der Waals surface area contributed by atoms with Gasteiger partial charge in [0, 0.05) is 52.9 Å². The highest BCUT2D eigenvalue weighted by Gasteiger charge is 2.86. The van der Waals surface area contributed by atoms with Gasteiger partial charge < -0.3 is 123 Å². The van der Waals surface area contributed by atoms with E-state index in [0.717, 1.165) is 5.06 Å². The topological polar surface area (TPSA) is 280 Å². The highest BCUT2D eigenvalue weighted by molar-refractivity contribution is 4.98. The minimum atomic E-state index is -4.07. The Morgan fingerprint density at radius 3 is 0.583 bits per heavy atom. The van der Waals surface area contributed by atoms with Gasteiger partial charge in [-0.05, 0) is 170 Å². The fourth-order valence-corrected chi connectivity index (χ4v) is 11.1. The molecule has 0 spiro atoms. The molecule has 0 aromatic heterocycles. The van der Waals surface area contributed by atoms with E-state index in [0.29, 0.717) is 89.9 Å². The van der Waals surface area contributed by atoms with Gasteiger partial charge in [0.25, 0.3) is 0 Å². The van der Waals surface area contributed by atoms with Gasteiger partial charge in [0.2, 0.25) is 6.29 Å². The van der Waals surface area contributed by atoms with Gasteiger partial charge in [-0.2, -0.15) is 0 Å². The molecule has 0 saturated carbocycles. The lowest BCUT2D eigenvalue weighted by Crippen LogP contribution is -2.87. The summed E-state index contributed by atoms with van der Waals surface area (Å²) >= 11 is 0. The molecule has 0 rings (SSSR count). The normalized spacial score (nSPS) is 13.7. The van der Waals surface area contributed by atoms with Crippen molar-refractivity contribution in [2.75, 3.05) is 172 Å². The van der Waals surface area contributed by atoms with Crippen molar-refractivity contribution in [1.82, 2.24) is 5.06 Å². The number of hydroxylamine groups is 2. The highest BCUT2D eigenvalue weighted by atomic mass is 17.1. The van der Waals surface area contributed by atoms with Crippen LogP contribution in [0, 0.1) is 0 Å². The Balaban J connectivity index is 14.7. The summed E-state index contributed by atoms with van der Waals surface area (Å²) in [5.41, 5.74) is 0. The number of nitrogens with zero attached hydrogens (tertiary/aromatic N) is 1. The van der Waals surface area contributed by atoms with E-state index in [-0.39, 0.29) is 184 Å². The SMILES string of the molecule is CCCOC(OCCC)C(OCCC)(OCCC)OC(OCC)(OCC)C(OC(OCCC)(OCCC)C(OCCC)(OCCC)OCCC)(OC(OCCC)(OCCC)C(OCCC)(OCCC)OCCC)N(OC(OCCC)(OCCC)C(OCCC)(OCCC)OCCC)C(OCC)(OCC)C(OCC)(OCC)OCCC. The highest BCUT2D eigenvalue weighted by Crippen LogP contribution is 2.58. The van der Waals surface area contributed by atoms with Gasteiger partial charge in [-0.1, -0.05) is 144 Å². The molecule has 0 atom stereocenters. The first-order valence-electron chi connectivity index (χ1n) is 44.9. The van der Waals surface area contributed by atoms with Gasteiger partial charge in [0.15, 0.2) is 0 Å². The third kappa shape index (κ3) is 32.4. The van der Waals surface area contributed by atoms with Crippen LogP contribution in [-0.2, 0) is 142 Å². The standard InChI is InChI=1S/C84H171NO30/c1-27-53-86-73(87-54-28-2)74(94-55-29-3,95-56-30-4)112-78(92-51-25,93-52-26)76(113-82(106-67-41-15,107-68-42-16)79(97-58-32-6,98-59-33-7)99-60-34-8,114-83(108-69-43-17,109-70-44-18)80(100-61-35-9,101-62-36-10)102-63-37-11)85(75(88-47-21,89-48-22)77(90-49-23,91-50-24)96-57-31-5)115-84(110-71-45-19,111-72-46-20)81(103-64-38-12,104-65-39-13)105-66-40-14/h73H,27-72H2,1-26H3. The number of rotatable bonds is 88. The van der Waals surface area contributed by atoms with Crippen molar-refractivity contribution >= 4 is 0 Å². The van der Waals surface area contributed by atoms with E-state index < -0.39 is 98.3 Å². The molecule has 0 radical (unpaired) electrons. The molecular formula is C84H171NO30. The molecular weight excluding hydrogens is 1500 g/mol. The summed E-state index contributed by atoms with van der Waals surface area (Å²) in [4.78, 5) is 8.62. The first-order valence-corrected chi connectivity index (χ1v) is 44.9. The predicted octanol–water partition coefficient (Wildman–Crippen LogP) is 17.5. The summed E-state index contributed by atoms with van der Waals surface area (Å²) in [6.07, 6.45) is 4.75. The molecule has 31 heteroatoms. The summed E-state index contributed by atoms with van der Waals surface area (Å²) < 4.78 is 220. The molecule has 0 bridgehead atoms. The van der Waals surface area contributed by atoms with Crippen LogP contribution in [0.15, 0.2) is 0 Å². The van der Waals surface area contributed by atoms with Crippen LogP contribution >= 0.6 is 0 Å². The van der Waals surface area contributed by atoms with E-state index in [9.17, 15) is 0 Å². The van der Waals surface area contributed by atoms with Gasteiger partial charge in [0.1, 0.15) is 0 Å². The maximum Gasteiger partial charge on any atom is 0.386 e. The van der Waals surface area contributed by atoms with Gasteiger partial charge in [-0.15, -0.1) is 0 Å². The van der Waals surface area contributed by atoms with Crippen LogP contribution in [0.5, 0.6) is 0 Å². The van der Waals surface area contributed by atoms with E-state index in [1.165, 1.54) is 0 Å². The molecule has 692 valence electrons. The zero-order chi connectivity index (χ0) is 86.4. The first kappa shape index (κ1) is 114. The molecule has 0 aromatic rings. The van der Waals surface area contributed by atoms with Crippen molar-refractivity contribution in [3.63, 3.8) is 0 Å². The maximum atomic E-state index is 8.91. The lowest BCUT2D eigenvalue weighted by molar-refractivity contribution is -0.738. The largest absolute Gasteiger partial charge is 0.386 e. The molecule has 0 fully saturated rings. The van der Waals surface area contributed by atoms with Crippen molar-refractivity contribution in [2.45, 2.75) is 380 Å². The van der Waals surface area contributed by atoms with Crippen molar-refractivity contribution in [2.24, 2.45) is 0 Å². The Kier molecular flexibility index (Phi) is 64.7. The average Bonchev–Trinajstić information content (AvgIpc) is 0.678. The van der Waals surface area contributed by atoms with Crippen molar-refractivity contribution in [3.05, 3.63) is 0 Å². The molecule has 31 nitrogen and oxygen atoms in total. The molecule has 0 unspecified atom stereocenters. The van der Waals surface area contributed by atoms with Crippen molar-refractivity contribution in [1.29, 1.82) is 0 Å². The maximum absolute atomic E-state index is 8.91. The van der Waals surface area contributed by atoms with Crippen LogP contribution < -0.4 is 0 Å². The fourth-order valence-electron chi connectivity index (χ4n) is 11.1. The monoisotopic (exact) mass is 1670 g/mol. The quantitative estimate of drug-likeness (QED) is 0.0404. The van der Waals surface area contributed by atoms with E-state index in [4.69, 9.17) is 142 Å². The zero-order valence-corrected chi connectivity index (χ0v) is 77.3. The first-order chi connectivity index (χ1) is 55.7. The molecule has 0 N–H and O–H groups in total. The van der Waals surface area contributed by atoms with E-state index >= 15 is 0 Å². The van der Waals surface area contributed by atoms with Crippen molar-refractivity contribution in [3.8, 4) is 0 Å². The Labute approximate surface area is 696 Å². The third-order valence-electron chi connectivity index (χ3n) is 15.7. The minimum absolute atomic E-state index is 0.0343. The molecule has 115 heavy (non-hydrogen) atoms. The van der Waals surface area contributed by atoms with Crippen LogP contribution in [0.2, 0.25) is 0 Å². The van der Waals surface area contributed by atoms with Gasteiger partial charge in [0.05, 0.1) is 119 Å². The summed E-state index contributed by atoms with van der Waals surface area (Å²) in [5.74, 6) is -34.6. The molecule has 0 amide bonds. The molecule has 0 aliphatic carbocycles. The molecule has 0 saturated heterocycles.